The summed E-state index contributed by atoms with van der Waals surface area (Å²) in [4.78, 5) is 24.8. The molecule has 2 aromatic rings. The third-order valence-electron chi connectivity index (χ3n) is 3.93. The first-order valence-electron chi connectivity index (χ1n) is 6.86. The Hall–Kier alpha value is -2.35. The highest BCUT2D eigenvalue weighted by molar-refractivity contribution is 8.00. The van der Waals surface area contributed by atoms with Crippen molar-refractivity contribution >= 4 is 29.3 Å². The van der Waals surface area contributed by atoms with E-state index >= 15 is 0 Å². The lowest BCUT2D eigenvalue weighted by molar-refractivity contribution is -0.579. The molecule has 4 heterocycles. The van der Waals surface area contributed by atoms with Crippen LogP contribution in [0.15, 0.2) is 42.0 Å². The topological polar surface area (TPSA) is 79.5 Å². The van der Waals surface area contributed by atoms with E-state index in [-0.39, 0.29) is 17.0 Å². The predicted octanol–water partition coefficient (Wildman–Crippen LogP) is 0.266. The maximum Gasteiger partial charge on any atom is 0.352 e. The molecule has 1 amide bonds. The van der Waals surface area contributed by atoms with Crippen LogP contribution in [0.25, 0.3) is 5.65 Å². The Morgan fingerprint density at radius 1 is 1.55 bits per heavy atom. The summed E-state index contributed by atoms with van der Waals surface area (Å²) in [5.41, 5.74) is 1.78. The molecule has 0 bridgehead atoms. The number of aromatic nitrogens is 3. The number of β-lactam (4-membered cyclic amide) rings is 1. The maximum atomic E-state index is 11.7. The van der Waals surface area contributed by atoms with Gasteiger partial charge in [0, 0.05) is 17.4 Å². The fourth-order valence-electron chi connectivity index (χ4n) is 2.88. The van der Waals surface area contributed by atoms with Crippen molar-refractivity contribution < 1.29 is 19.2 Å². The van der Waals surface area contributed by atoms with Crippen molar-refractivity contribution in [3.63, 3.8) is 0 Å². The van der Waals surface area contributed by atoms with Crippen molar-refractivity contribution in [2.45, 2.75) is 18.3 Å². The van der Waals surface area contributed by atoms with E-state index < -0.39 is 5.97 Å². The van der Waals surface area contributed by atoms with Crippen molar-refractivity contribution in [2.24, 2.45) is 0 Å². The van der Waals surface area contributed by atoms with Crippen molar-refractivity contribution in [1.82, 2.24) is 14.6 Å². The molecule has 0 aliphatic carbocycles. The van der Waals surface area contributed by atoms with Gasteiger partial charge < -0.3 is 5.11 Å². The molecule has 0 saturated carbocycles. The van der Waals surface area contributed by atoms with E-state index in [1.165, 1.54) is 4.90 Å². The SMILES string of the molecule is O=C(O)C1=C(Cn2cc[n+]3ncccc23)CS[C@@H]2CC(=O)N12. The molecule has 1 atom stereocenters. The summed E-state index contributed by atoms with van der Waals surface area (Å²) in [7, 11) is 0. The Bertz CT molecular complexity index is 828. The molecule has 0 spiro atoms. The number of amides is 1. The smallest absolute Gasteiger partial charge is 0.352 e. The third kappa shape index (κ3) is 1.91. The maximum absolute atomic E-state index is 11.7. The molecule has 1 saturated heterocycles. The zero-order chi connectivity index (χ0) is 15.3. The number of aliphatic carboxylic acids is 1. The highest BCUT2D eigenvalue weighted by Crippen LogP contribution is 2.40. The summed E-state index contributed by atoms with van der Waals surface area (Å²) >= 11 is 1.62. The Morgan fingerprint density at radius 2 is 2.41 bits per heavy atom. The van der Waals surface area contributed by atoms with Crippen LogP contribution < -0.4 is 4.52 Å². The second-order valence-corrected chi connectivity index (χ2v) is 6.41. The van der Waals surface area contributed by atoms with Gasteiger partial charge in [-0.3, -0.25) is 9.69 Å². The molecule has 1 fully saturated rings. The van der Waals surface area contributed by atoms with E-state index in [0.717, 1.165) is 11.2 Å². The third-order valence-corrected chi connectivity index (χ3v) is 5.21. The second-order valence-electron chi connectivity index (χ2n) is 5.24. The van der Waals surface area contributed by atoms with Crippen LogP contribution in [0.4, 0.5) is 0 Å². The first-order valence-corrected chi connectivity index (χ1v) is 7.91. The lowest BCUT2D eigenvalue weighted by Gasteiger charge is -2.43. The Labute approximate surface area is 129 Å². The molecular weight excluding hydrogens is 304 g/mol. The largest absolute Gasteiger partial charge is 0.477 e. The van der Waals surface area contributed by atoms with Gasteiger partial charge in [0.15, 0.2) is 6.20 Å². The number of carbonyl (C=O) groups is 2. The average molecular weight is 317 g/mol. The summed E-state index contributed by atoms with van der Waals surface area (Å²) in [5.74, 6) is -0.517. The molecular formula is C14H13N4O3S+. The summed E-state index contributed by atoms with van der Waals surface area (Å²) < 4.78 is 3.67. The van der Waals surface area contributed by atoms with Crippen LogP contribution >= 0.6 is 11.8 Å². The normalized spacial score (nSPS) is 21.0. The van der Waals surface area contributed by atoms with Gasteiger partial charge in [0.1, 0.15) is 18.4 Å². The summed E-state index contributed by atoms with van der Waals surface area (Å²) in [5, 5.41) is 13.7. The number of rotatable bonds is 3. The monoisotopic (exact) mass is 317 g/mol. The van der Waals surface area contributed by atoms with Gasteiger partial charge in [0.25, 0.3) is 0 Å². The number of hydrogen-bond donors (Lipinski definition) is 1. The lowest BCUT2D eigenvalue weighted by atomic mass is 10.1. The Kier molecular flexibility index (Phi) is 2.93. The van der Waals surface area contributed by atoms with E-state index in [1.54, 1.807) is 22.5 Å². The lowest BCUT2D eigenvalue weighted by Crippen LogP contribution is -2.54. The van der Waals surface area contributed by atoms with Crippen molar-refractivity contribution in [1.29, 1.82) is 0 Å². The number of imidazole rings is 1. The molecule has 4 rings (SSSR count). The number of hydrogen-bond acceptors (Lipinski definition) is 4. The van der Waals surface area contributed by atoms with Crippen LogP contribution in [0.3, 0.4) is 0 Å². The molecule has 1 N–H and O–H groups in total. The average Bonchev–Trinajstić information content (AvgIpc) is 2.90. The molecule has 22 heavy (non-hydrogen) atoms. The highest BCUT2D eigenvalue weighted by atomic mass is 32.2. The van der Waals surface area contributed by atoms with Crippen molar-refractivity contribution in [3.8, 4) is 0 Å². The minimum atomic E-state index is -1.03. The summed E-state index contributed by atoms with van der Waals surface area (Å²) in [6.45, 7) is 0.438. The van der Waals surface area contributed by atoms with Gasteiger partial charge in [0.2, 0.25) is 5.91 Å². The van der Waals surface area contributed by atoms with Gasteiger partial charge in [-0.05, 0) is 6.07 Å². The number of carboxylic acids is 1. The summed E-state index contributed by atoms with van der Waals surface area (Å²) in [6.07, 6.45) is 5.81. The van der Waals surface area contributed by atoms with Gasteiger partial charge >= 0.3 is 11.6 Å². The van der Waals surface area contributed by atoms with E-state index in [1.807, 2.05) is 29.1 Å². The number of carboxylic acid groups (broad SMARTS) is 1. The fourth-order valence-corrected chi connectivity index (χ4v) is 4.13. The van der Waals surface area contributed by atoms with Gasteiger partial charge in [-0.2, -0.15) is 0 Å². The van der Waals surface area contributed by atoms with Crippen LogP contribution in [0.2, 0.25) is 0 Å². The quantitative estimate of drug-likeness (QED) is 0.649. The Morgan fingerprint density at radius 3 is 3.18 bits per heavy atom. The fraction of sp³-hybridized carbons (Fsp3) is 0.286. The first-order chi connectivity index (χ1) is 10.6. The van der Waals surface area contributed by atoms with Gasteiger partial charge in [-0.25, -0.2) is 9.36 Å². The number of fused-ring (bicyclic) bond motifs is 2. The van der Waals surface area contributed by atoms with Crippen LogP contribution in [0, 0.1) is 0 Å². The van der Waals surface area contributed by atoms with Crippen LogP contribution in [-0.4, -0.2) is 42.7 Å². The van der Waals surface area contributed by atoms with Crippen molar-refractivity contribution in [3.05, 3.63) is 42.0 Å². The minimum absolute atomic E-state index is 0.0141. The van der Waals surface area contributed by atoms with Crippen LogP contribution in [0.5, 0.6) is 0 Å². The highest BCUT2D eigenvalue weighted by Gasteiger charge is 2.45. The molecule has 112 valence electrons. The molecule has 0 aromatic carbocycles. The van der Waals surface area contributed by atoms with E-state index in [4.69, 9.17) is 0 Å². The van der Waals surface area contributed by atoms with Crippen molar-refractivity contribution in [2.75, 3.05) is 5.75 Å². The van der Waals surface area contributed by atoms with E-state index in [2.05, 4.69) is 5.10 Å². The molecule has 0 unspecified atom stereocenters. The zero-order valence-electron chi connectivity index (χ0n) is 11.5. The minimum Gasteiger partial charge on any atom is -0.477 e. The Balaban J connectivity index is 1.75. The van der Waals surface area contributed by atoms with E-state index in [0.29, 0.717) is 18.7 Å². The molecule has 0 radical (unpaired) electrons. The molecule has 2 aliphatic rings. The zero-order valence-corrected chi connectivity index (χ0v) is 12.4. The van der Waals surface area contributed by atoms with Crippen LogP contribution in [-0.2, 0) is 16.1 Å². The second kappa shape index (κ2) is 4.84. The molecule has 8 heteroatoms. The summed E-state index contributed by atoms with van der Waals surface area (Å²) in [6, 6.07) is 3.75. The molecule has 2 aromatic heterocycles. The first kappa shape index (κ1) is 13.3. The number of carbonyl (C=O) groups excluding carboxylic acids is 1. The molecule has 7 nitrogen and oxygen atoms in total. The standard InChI is InChI=1S/C14H12N4O3S/c19-11-6-12-18(11)13(14(20)21)9(8-22-12)7-16-4-5-17-10(16)2-1-3-15-17/h1-5,12H,6-8H2/p+1/t12-/m1/s1. The van der Waals surface area contributed by atoms with Gasteiger partial charge in [-0.1, -0.05) is 5.10 Å². The predicted molar refractivity (Wildman–Crippen MR) is 77.8 cm³/mol. The van der Waals surface area contributed by atoms with E-state index in [9.17, 15) is 14.7 Å². The number of thioether (sulfide) groups is 1. The van der Waals surface area contributed by atoms with Gasteiger partial charge in [0.05, 0.1) is 18.0 Å². The molecule has 2 aliphatic heterocycles. The van der Waals surface area contributed by atoms with Crippen LogP contribution in [0.1, 0.15) is 6.42 Å². The number of nitrogens with zero attached hydrogens (tertiary/aromatic N) is 4. The van der Waals surface area contributed by atoms with Gasteiger partial charge in [-0.15, -0.1) is 16.3 Å².